The summed E-state index contributed by atoms with van der Waals surface area (Å²) in [6.45, 7) is 0.146. The van der Waals surface area contributed by atoms with Crippen molar-refractivity contribution in [2.24, 2.45) is 0 Å². The third-order valence-electron chi connectivity index (χ3n) is 6.64. The Bertz CT molecular complexity index is 1310. The second kappa shape index (κ2) is 8.15. The molecule has 162 valence electrons. The number of fused-ring (bicyclic) bond motifs is 2. The number of para-hydroxylation sites is 2. The number of methoxy groups -OCH3 is 1. The SMILES string of the molecule is COc1cccc(C2(NC(=O)Cn3c4ccccc4c(=O)c4ccccc43)CCCC2)c1. The van der Waals surface area contributed by atoms with Crippen LogP contribution in [-0.4, -0.2) is 17.6 Å². The van der Waals surface area contributed by atoms with Gasteiger partial charge in [0.2, 0.25) is 5.91 Å². The van der Waals surface area contributed by atoms with Gasteiger partial charge < -0.3 is 14.6 Å². The molecule has 1 amide bonds. The predicted octanol–water partition coefficient (Wildman–Crippen LogP) is 4.75. The third kappa shape index (κ3) is 3.44. The number of rotatable bonds is 5. The van der Waals surface area contributed by atoms with E-state index in [-0.39, 0.29) is 17.9 Å². The number of amides is 1. The Hall–Kier alpha value is -3.60. The minimum absolute atomic E-state index is 0.00324. The average molecular weight is 427 g/mol. The number of nitrogens with one attached hydrogen (secondary N) is 1. The first-order valence-corrected chi connectivity index (χ1v) is 11.1. The Balaban J connectivity index is 1.55. The molecular weight excluding hydrogens is 400 g/mol. The Kier molecular flexibility index (Phi) is 5.17. The van der Waals surface area contributed by atoms with Crippen molar-refractivity contribution in [2.75, 3.05) is 7.11 Å². The van der Waals surface area contributed by atoms with E-state index in [1.165, 1.54) is 0 Å². The summed E-state index contributed by atoms with van der Waals surface area (Å²) in [6, 6.07) is 23.0. The number of aromatic nitrogens is 1. The highest BCUT2D eigenvalue weighted by Gasteiger charge is 2.37. The minimum Gasteiger partial charge on any atom is -0.497 e. The molecule has 5 rings (SSSR count). The largest absolute Gasteiger partial charge is 0.497 e. The molecule has 0 aliphatic heterocycles. The summed E-state index contributed by atoms with van der Waals surface area (Å²) in [6.07, 6.45) is 3.94. The van der Waals surface area contributed by atoms with Gasteiger partial charge in [0.15, 0.2) is 5.43 Å². The Morgan fingerprint density at radius 3 is 2.19 bits per heavy atom. The van der Waals surface area contributed by atoms with Gasteiger partial charge >= 0.3 is 0 Å². The zero-order valence-corrected chi connectivity index (χ0v) is 18.1. The van der Waals surface area contributed by atoms with E-state index < -0.39 is 5.54 Å². The summed E-state index contributed by atoms with van der Waals surface area (Å²) in [5.41, 5.74) is 2.23. The third-order valence-corrected chi connectivity index (χ3v) is 6.64. The van der Waals surface area contributed by atoms with Crippen LogP contribution in [0.15, 0.2) is 77.6 Å². The van der Waals surface area contributed by atoms with Gasteiger partial charge in [-0.2, -0.15) is 0 Å². The molecule has 5 nitrogen and oxygen atoms in total. The first kappa shape index (κ1) is 20.3. The lowest BCUT2D eigenvalue weighted by Gasteiger charge is -2.32. The molecule has 3 aromatic carbocycles. The summed E-state index contributed by atoms with van der Waals surface area (Å²) < 4.78 is 7.38. The van der Waals surface area contributed by atoms with Crippen LogP contribution in [0.4, 0.5) is 0 Å². The molecule has 0 atom stereocenters. The van der Waals surface area contributed by atoms with Crippen molar-refractivity contribution in [1.82, 2.24) is 9.88 Å². The molecule has 1 heterocycles. The van der Waals surface area contributed by atoms with Gasteiger partial charge in [0.25, 0.3) is 0 Å². The van der Waals surface area contributed by atoms with E-state index in [2.05, 4.69) is 11.4 Å². The van der Waals surface area contributed by atoms with Gasteiger partial charge in [0, 0.05) is 10.8 Å². The van der Waals surface area contributed by atoms with Crippen LogP contribution < -0.4 is 15.5 Å². The maximum absolute atomic E-state index is 13.4. The van der Waals surface area contributed by atoms with Crippen molar-refractivity contribution in [3.8, 4) is 5.75 Å². The Morgan fingerprint density at radius 2 is 1.56 bits per heavy atom. The van der Waals surface area contributed by atoms with Crippen LogP contribution in [-0.2, 0) is 16.9 Å². The lowest BCUT2D eigenvalue weighted by Crippen LogP contribution is -2.45. The van der Waals surface area contributed by atoms with Crippen LogP contribution in [0.25, 0.3) is 21.8 Å². The normalized spacial score (nSPS) is 15.2. The zero-order valence-electron chi connectivity index (χ0n) is 18.1. The number of carbonyl (C=O) groups excluding carboxylic acids is 1. The van der Waals surface area contributed by atoms with Crippen LogP contribution >= 0.6 is 0 Å². The molecule has 1 N–H and O–H groups in total. The molecule has 0 spiro atoms. The summed E-state index contributed by atoms with van der Waals surface area (Å²) in [4.78, 5) is 26.4. The molecule has 0 bridgehead atoms. The first-order valence-electron chi connectivity index (χ1n) is 11.1. The molecule has 1 aliphatic rings. The molecule has 0 radical (unpaired) electrons. The highest BCUT2D eigenvalue weighted by Crippen LogP contribution is 2.39. The molecule has 1 saturated carbocycles. The van der Waals surface area contributed by atoms with Gasteiger partial charge in [0.1, 0.15) is 12.3 Å². The zero-order chi connectivity index (χ0) is 22.1. The second-order valence-electron chi connectivity index (χ2n) is 8.52. The monoisotopic (exact) mass is 426 g/mol. The second-order valence-corrected chi connectivity index (χ2v) is 8.52. The van der Waals surface area contributed by atoms with Crippen LogP contribution in [0.1, 0.15) is 31.2 Å². The lowest BCUT2D eigenvalue weighted by molar-refractivity contribution is -0.123. The molecule has 5 heteroatoms. The molecule has 1 aromatic heterocycles. The molecule has 1 aliphatic carbocycles. The van der Waals surface area contributed by atoms with E-state index in [0.29, 0.717) is 10.8 Å². The van der Waals surface area contributed by atoms with Gasteiger partial charge in [-0.05, 0) is 54.8 Å². The fourth-order valence-corrected chi connectivity index (χ4v) is 5.08. The number of ether oxygens (including phenoxy) is 1. The smallest absolute Gasteiger partial charge is 0.240 e. The van der Waals surface area contributed by atoms with Crippen molar-refractivity contribution in [3.05, 3.63) is 88.6 Å². The molecule has 32 heavy (non-hydrogen) atoms. The maximum atomic E-state index is 13.4. The molecule has 4 aromatic rings. The predicted molar refractivity (Wildman–Crippen MR) is 127 cm³/mol. The Labute approximate surface area is 186 Å². The highest BCUT2D eigenvalue weighted by molar-refractivity contribution is 5.95. The van der Waals surface area contributed by atoms with Crippen molar-refractivity contribution in [1.29, 1.82) is 0 Å². The molecular formula is C27H26N2O3. The lowest BCUT2D eigenvalue weighted by atomic mass is 9.88. The standard InChI is InChI=1S/C27H26N2O3/c1-32-20-10-8-9-19(17-20)27(15-6-7-16-27)28-25(30)18-29-23-13-4-2-11-21(23)26(31)22-12-3-5-14-24(22)29/h2-5,8-14,17H,6-7,15-16,18H2,1H3,(H,28,30). The topological polar surface area (TPSA) is 60.3 Å². The molecule has 0 unspecified atom stereocenters. The number of benzene rings is 3. The van der Waals surface area contributed by atoms with E-state index in [4.69, 9.17) is 4.74 Å². The Morgan fingerprint density at radius 1 is 0.938 bits per heavy atom. The van der Waals surface area contributed by atoms with Gasteiger partial charge in [-0.3, -0.25) is 9.59 Å². The van der Waals surface area contributed by atoms with E-state index in [1.54, 1.807) is 7.11 Å². The summed E-state index contributed by atoms with van der Waals surface area (Å²) in [7, 11) is 1.66. The van der Waals surface area contributed by atoms with E-state index >= 15 is 0 Å². The quantitative estimate of drug-likeness (QED) is 0.469. The van der Waals surface area contributed by atoms with Gasteiger partial charge in [0.05, 0.1) is 23.7 Å². The first-order chi connectivity index (χ1) is 15.6. The highest BCUT2D eigenvalue weighted by atomic mass is 16.5. The van der Waals surface area contributed by atoms with Crippen molar-refractivity contribution >= 4 is 27.7 Å². The van der Waals surface area contributed by atoms with E-state index in [0.717, 1.165) is 48.0 Å². The van der Waals surface area contributed by atoms with Crippen LogP contribution in [0.2, 0.25) is 0 Å². The van der Waals surface area contributed by atoms with Crippen LogP contribution in [0, 0.1) is 0 Å². The number of hydrogen-bond acceptors (Lipinski definition) is 3. The fraction of sp³-hybridized carbons (Fsp3) is 0.259. The minimum atomic E-state index is -0.393. The number of pyridine rings is 1. The number of hydrogen-bond donors (Lipinski definition) is 1. The fourth-order valence-electron chi connectivity index (χ4n) is 5.08. The molecule has 0 saturated heterocycles. The van der Waals surface area contributed by atoms with Crippen molar-refractivity contribution in [3.63, 3.8) is 0 Å². The number of carbonyl (C=O) groups is 1. The summed E-state index contributed by atoms with van der Waals surface area (Å²) in [5.74, 6) is 0.731. The molecule has 1 fully saturated rings. The van der Waals surface area contributed by atoms with Crippen molar-refractivity contribution in [2.45, 2.75) is 37.8 Å². The van der Waals surface area contributed by atoms with Gasteiger partial charge in [-0.15, -0.1) is 0 Å². The van der Waals surface area contributed by atoms with E-state index in [1.807, 2.05) is 71.3 Å². The van der Waals surface area contributed by atoms with Crippen LogP contribution in [0.3, 0.4) is 0 Å². The summed E-state index contributed by atoms with van der Waals surface area (Å²) in [5, 5.41) is 4.61. The number of nitrogens with zero attached hydrogens (tertiary/aromatic N) is 1. The van der Waals surface area contributed by atoms with Crippen LogP contribution in [0.5, 0.6) is 5.75 Å². The average Bonchev–Trinajstić information content (AvgIpc) is 3.31. The maximum Gasteiger partial charge on any atom is 0.240 e. The van der Waals surface area contributed by atoms with E-state index in [9.17, 15) is 9.59 Å². The van der Waals surface area contributed by atoms with Gasteiger partial charge in [-0.1, -0.05) is 49.2 Å². The van der Waals surface area contributed by atoms with Crippen molar-refractivity contribution < 1.29 is 9.53 Å². The van der Waals surface area contributed by atoms with Gasteiger partial charge in [-0.25, -0.2) is 0 Å². The summed E-state index contributed by atoms with van der Waals surface area (Å²) >= 11 is 0.